The molecule has 2 N–H and O–H groups in total. The lowest BCUT2D eigenvalue weighted by Gasteiger charge is -2.13. The molecule has 1 aromatic heterocycles. The smallest absolute Gasteiger partial charge is 0.274 e. The molecule has 0 atom stereocenters. The number of anilines is 3. The van der Waals surface area contributed by atoms with E-state index in [1.165, 1.54) is 0 Å². The molecular formula is C21H21ClN4O. The zero-order valence-corrected chi connectivity index (χ0v) is 16.0. The predicted molar refractivity (Wildman–Crippen MR) is 112 cm³/mol. The molecule has 1 heterocycles. The van der Waals surface area contributed by atoms with Gasteiger partial charge in [-0.3, -0.25) is 9.78 Å². The second kappa shape index (κ2) is 8.56. The molecular weight excluding hydrogens is 360 g/mol. The van der Waals surface area contributed by atoms with Gasteiger partial charge < -0.3 is 15.5 Å². The van der Waals surface area contributed by atoms with Gasteiger partial charge in [0.2, 0.25) is 0 Å². The van der Waals surface area contributed by atoms with Gasteiger partial charge in [-0.15, -0.1) is 0 Å². The summed E-state index contributed by atoms with van der Waals surface area (Å²) in [6.45, 7) is 0.633. The number of hydrogen-bond acceptors (Lipinski definition) is 4. The number of benzene rings is 2. The molecule has 0 aliphatic rings. The van der Waals surface area contributed by atoms with Gasteiger partial charge in [0.05, 0.1) is 0 Å². The number of amides is 1. The topological polar surface area (TPSA) is 57.3 Å². The fourth-order valence-corrected chi connectivity index (χ4v) is 2.64. The number of halogens is 1. The number of carbonyl (C=O) groups is 1. The SMILES string of the molecule is CN(C)c1ccc(NC(=O)c2cc(NCc3ccc(Cl)cc3)ccn2)cc1. The summed E-state index contributed by atoms with van der Waals surface area (Å²) in [6.07, 6.45) is 1.62. The minimum Gasteiger partial charge on any atom is -0.381 e. The molecule has 0 saturated carbocycles. The van der Waals surface area contributed by atoms with Crippen molar-refractivity contribution in [2.75, 3.05) is 29.6 Å². The Morgan fingerprint density at radius 2 is 1.70 bits per heavy atom. The van der Waals surface area contributed by atoms with Crippen LogP contribution < -0.4 is 15.5 Å². The monoisotopic (exact) mass is 380 g/mol. The molecule has 3 aromatic rings. The summed E-state index contributed by atoms with van der Waals surface area (Å²) < 4.78 is 0. The molecule has 0 aliphatic heterocycles. The molecule has 0 unspecified atom stereocenters. The Morgan fingerprint density at radius 3 is 2.37 bits per heavy atom. The molecule has 3 rings (SSSR count). The lowest BCUT2D eigenvalue weighted by atomic mass is 10.2. The number of hydrogen-bond donors (Lipinski definition) is 2. The van der Waals surface area contributed by atoms with Gasteiger partial charge in [-0.1, -0.05) is 23.7 Å². The molecule has 2 aromatic carbocycles. The summed E-state index contributed by atoms with van der Waals surface area (Å²) in [5, 5.41) is 6.87. The first kappa shape index (κ1) is 18.7. The first-order chi connectivity index (χ1) is 13.0. The van der Waals surface area contributed by atoms with Crippen LogP contribution in [-0.2, 0) is 6.54 Å². The molecule has 5 nitrogen and oxygen atoms in total. The van der Waals surface area contributed by atoms with Crippen molar-refractivity contribution in [3.8, 4) is 0 Å². The van der Waals surface area contributed by atoms with Gasteiger partial charge in [-0.25, -0.2) is 0 Å². The number of pyridine rings is 1. The highest BCUT2D eigenvalue weighted by atomic mass is 35.5. The van der Waals surface area contributed by atoms with Gasteiger partial charge >= 0.3 is 0 Å². The molecule has 0 radical (unpaired) electrons. The number of carbonyl (C=O) groups excluding carboxylic acids is 1. The minimum atomic E-state index is -0.247. The van der Waals surface area contributed by atoms with Gasteiger partial charge in [0, 0.05) is 48.9 Å². The fraction of sp³-hybridized carbons (Fsp3) is 0.143. The second-order valence-electron chi connectivity index (χ2n) is 6.31. The lowest BCUT2D eigenvalue weighted by Crippen LogP contribution is -2.14. The van der Waals surface area contributed by atoms with Gasteiger partial charge in [0.1, 0.15) is 5.69 Å². The summed E-state index contributed by atoms with van der Waals surface area (Å²) in [5.74, 6) is -0.247. The van der Waals surface area contributed by atoms with Crippen LogP contribution in [0.3, 0.4) is 0 Å². The van der Waals surface area contributed by atoms with E-state index in [0.717, 1.165) is 22.6 Å². The van der Waals surface area contributed by atoms with Crippen LogP contribution >= 0.6 is 11.6 Å². The molecule has 138 valence electrons. The van der Waals surface area contributed by atoms with Crippen LogP contribution in [0, 0.1) is 0 Å². The Balaban J connectivity index is 1.63. The van der Waals surface area contributed by atoms with Crippen LogP contribution in [0.1, 0.15) is 16.1 Å². The summed E-state index contributed by atoms with van der Waals surface area (Å²) in [6, 6.07) is 18.8. The third-order valence-electron chi connectivity index (χ3n) is 4.04. The number of aromatic nitrogens is 1. The fourth-order valence-electron chi connectivity index (χ4n) is 2.51. The van der Waals surface area contributed by atoms with Crippen LogP contribution in [0.25, 0.3) is 0 Å². The Bertz CT molecular complexity index is 908. The molecule has 1 amide bonds. The predicted octanol–water partition coefficient (Wildman–Crippen LogP) is 4.67. The van der Waals surface area contributed by atoms with E-state index in [4.69, 9.17) is 11.6 Å². The quantitative estimate of drug-likeness (QED) is 0.652. The molecule has 0 aliphatic carbocycles. The van der Waals surface area contributed by atoms with Crippen molar-refractivity contribution in [2.24, 2.45) is 0 Å². The molecule has 0 saturated heterocycles. The van der Waals surface area contributed by atoms with Gasteiger partial charge in [-0.2, -0.15) is 0 Å². The van der Waals surface area contributed by atoms with Crippen LogP contribution in [-0.4, -0.2) is 25.0 Å². The third-order valence-corrected chi connectivity index (χ3v) is 4.30. The Labute approximate surface area is 164 Å². The van der Waals surface area contributed by atoms with E-state index in [9.17, 15) is 4.79 Å². The van der Waals surface area contributed by atoms with Crippen molar-refractivity contribution in [1.29, 1.82) is 0 Å². The zero-order valence-electron chi connectivity index (χ0n) is 15.2. The van der Waals surface area contributed by atoms with E-state index in [1.807, 2.05) is 73.6 Å². The third kappa shape index (κ3) is 5.21. The largest absolute Gasteiger partial charge is 0.381 e. The summed E-state index contributed by atoms with van der Waals surface area (Å²) in [4.78, 5) is 18.6. The maximum absolute atomic E-state index is 12.5. The van der Waals surface area contributed by atoms with Crippen molar-refractivity contribution < 1.29 is 4.79 Å². The van der Waals surface area contributed by atoms with Gasteiger partial charge in [0.15, 0.2) is 0 Å². The summed E-state index contributed by atoms with van der Waals surface area (Å²) in [7, 11) is 3.94. The van der Waals surface area contributed by atoms with Crippen molar-refractivity contribution in [2.45, 2.75) is 6.54 Å². The number of rotatable bonds is 6. The lowest BCUT2D eigenvalue weighted by molar-refractivity contribution is 0.102. The Kier molecular flexibility index (Phi) is 5.94. The van der Waals surface area contributed by atoms with E-state index < -0.39 is 0 Å². The maximum Gasteiger partial charge on any atom is 0.274 e. The average molecular weight is 381 g/mol. The van der Waals surface area contributed by atoms with Crippen LogP contribution in [0.15, 0.2) is 66.9 Å². The van der Waals surface area contributed by atoms with Gasteiger partial charge in [0.25, 0.3) is 5.91 Å². The van der Waals surface area contributed by atoms with E-state index >= 15 is 0 Å². The summed E-state index contributed by atoms with van der Waals surface area (Å²) >= 11 is 5.90. The first-order valence-corrected chi connectivity index (χ1v) is 8.92. The molecule has 6 heteroatoms. The standard InChI is InChI=1S/C21H21ClN4O/c1-26(2)19-9-7-17(8-10-19)25-21(27)20-13-18(11-12-23-20)24-14-15-3-5-16(22)6-4-15/h3-13H,14H2,1-2H3,(H,23,24)(H,25,27). The number of nitrogens with zero attached hydrogens (tertiary/aromatic N) is 2. The minimum absolute atomic E-state index is 0.247. The van der Waals surface area contributed by atoms with Gasteiger partial charge in [-0.05, 0) is 54.1 Å². The van der Waals surface area contributed by atoms with E-state index in [-0.39, 0.29) is 5.91 Å². The first-order valence-electron chi connectivity index (χ1n) is 8.54. The normalized spacial score (nSPS) is 10.3. The highest BCUT2D eigenvalue weighted by Crippen LogP contribution is 2.17. The Hall–Kier alpha value is -3.05. The maximum atomic E-state index is 12.5. The van der Waals surface area contributed by atoms with Crippen molar-refractivity contribution in [3.05, 3.63) is 83.1 Å². The average Bonchev–Trinajstić information content (AvgIpc) is 2.68. The molecule has 27 heavy (non-hydrogen) atoms. The Morgan fingerprint density at radius 1 is 1.00 bits per heavy atom. The second-order valence-corrected chi connectivity index (χ2v) is 6.74. The van der Waals surface area contributed by atoms with Crippen LogP contribution in [0.2, 0.25) is 5.02 Å². The zero-order chi connectivity index (χ0) is 19.2. The molecule has 0 spiro atoms. The number of nitrogens with one attached hydrogen (secondary N) is 2. The van der Waals surface area contributed by atoms with E-state index in [0.29, 0.717) is 17.3 Å². The molecule has 0 bridgehead atoms. The van der Waals surface area contributed by atoms with Crippen molar-refractivity contribution in [1.82, 2.24) is 4.98 Å². The van der Waals surface area contributed by atoms with E-state index in [1.54, 1.807) is 12.3 Å². The van der Waals surface area contributed by atoms with Crippen molar-refractivity contribution in [3.63, 3.8) is 0 Å². The molecule has 0 fully saturated rings. The van der Waals surface area contributed by atoms with Crippen LogP contribution in [0.5, 0.6) is 0 Å². The van der Waals surface area contributed by atoms with Crippen LogP contribution in [0.4, 0.5) is 17.1 Å². The van der Waals surface area contributed by atoms with E-state index in [2.05, 4.69) is 15.6 Å². The van der Waals surface area contributed by atoms with Crippen molar-refractivity contribution >= 4 is 34.6 Å². The highest BCUT2D eigenvalue weighted by molar-refractivity contribution is 6.30. The highest BCUT2D eigenvalue weighted by Gasteiger charge is 2.09. The summed E-state index contributed by atoms with van der Waals surface area (Å²) in [5.41, 5.74) is 4.08.